The second-order valence-corrected chi connectivity index (χ2v) is 4.18. The molecule has 0 aromatic heterocycles. The molecule has 0 rings (SSSR count). The van der Waals surface area contributed by atoms with E-state index in [-0.39, 0.29) is 48.8 Å². The number of hydrogen-bond acceptors (Lipinski definition) is 1. The van der Waals surface area contributed by atoms with Crippen molar-refractivity contribution < 1.29 is 5.11 Å². The fourth-order valence-corrected chi connectivity index (χ4v) is 0. The van der Waals surface area contributed by atoms with Gasteiger partial charge in [-0.25, -0.2) is 0 Å². The number of rotatable bonds is 0. The van der Waals surface area contributed by atoms with Crippen LogP contribution in [-0.2, 0) is 0 Å². The summed E-state index contributed by atoms with van der Waals surface area (Å²) in [6, 6.07) is 0. The van der Waals surface area contributed by atoms with E-state index in [9.17, 15) is 0 Å². The van der Waals surface area contributed by atoms with E-state index in [0.717, 1.165) is 7.11 Å². The molecule has 0 fully saturated rings. The van der Waals surface area contributed by atoms with Crippen LogP contribution in [0.5, 0.6) is 0 Å². The Morgan fingerprint density at radius 3 is 1.25 bits per heavy atom. The second kappa shape index (κ2) is 23.7. The first kappa shape index (κ1) is 22.7. The molecule has 0 aliphatic rings. The Hall–Kier alpha value is 1.42. The average Bonchev–Trinajstić information content (AvgIpc) is 1.41. The monoisotopic (exact) mass is 209 g/mol. The molecule has 0 spiro atoms. The van der Waals surface area contributed by atoms with Gasteiger partial charge in [0, 0.05) is 7.11 Å². The van der Waals surface area contributed by atoms with Gasteiger partial charge in [0.05, 0.1) is 0 Å². The van der Waals surface area contributed by atoms with Crippen LogP contribution >= 0.6 is 17.0 Å². The van der Waals surface area contributed by atoms with E-state index < -0.39 is 0 Å². The van der Waals surface area contributed by atoms with Crippen LogP contribution in [0.2, 0.25) is 13.1 Å². The summed E-state index contributed by atoms with van der Waals surface area (Å²) in [5.74, 6) is 0. The summed E-state index contributed by atoms with van der Waals surface area (Å²) in [5, 5.41) is 7.00. The van der Waals surface area contributed by atoms with E-state index in [1.807, 2.05) is 0 Å². The maximum Gasteiger partial charge on any atom is 2.00 e. The molecule has 0 bridgehead atoms. The molecule has 0 atom stereocenters. The molecular formula is C4H14BrMgOSi+. The van der Waals surface area contributed by atoms with Gasteiger partial charge in [-0.1, -0.05) is 13.1 Å². The molecule has 0 amide bonds. The number of halogens is 1. The molecule has 0 saturated heterocycles. The minimum Gasteiger partial charge on any atom is -0.400 e. The van der Waals surface area contributed by atoms with Crippen LogP contribution in [0.1, 0.15) is 0 Å². The van der Waals surface area contributed by atoms with Crippen molar-refractivity contribution in [1.82, 2.24) is 0 Å². The van der Waals surface area contributed by atoms with Crippen molar-refractivity contribution in [2.24, 2.45) is 0 Å². The fourth-order valence-electron chi connectivity index (χ4n) is 0. The van der Waals surface area contributed by atoms with Crippen LogP contribution in [0.4, 0.5) is 0 Å². The average molecular weight is 210 g/mol. The minimum absolute atomic E-state index is 0. The van der Waals surface area contributed by atoms with Crippen molar-refractivity contribution >= 4 is 48.8 Å². The Balaban J connectivity index is -0.0000000183. The van der Waals surface area contributed by atoms with Gasteiger partial charge in [-0.15, -0.1) is 25.8 Å². The fraction of sp³-hybridized carbons (Fsp3) is 0.750. The van der Waals surface area contributed by atoms with Crippen LogP contribution in [-0.4, -0.2) is 44.1 Å². The van der Waals surface area contributed by atoms with Crippen LogP contribution < -0.4 is 0 Å². The Morgan fingerprint density at radius 1 is 1.25 bits per heavy atom. The molecule has 0 aliphatic carbocycles. The molecule has 0 saturated carbocycles. The van der Waals surface area contributed by atoms with Gasteiger partial charge in [-0.2, -0.15) is 0 Å². The Bertz CT molecular complexity index is 20.8. The summed E-state index contributed by atoms with van der Waals surface area (Å²) in [6.45, 7) is 8.17. The van der Waals surface area contributed by atoms with Gasteiger partial charge >= 0.3 is 23.1 Å². The quantitative estimate of drug-likeness (QED) is 0.460. The molecule has 0 radical (unpaired) electrons. The summed E-state index contributed by atoms with van der Waals surface area (Å²) < 4.78 is 0. The topological polar surface area (TPSA) is 20.2 Å². The first-order valence-electron chi connectivity index (χ1n) is 2.01. The second-order valence-electron chi connectivity index (χ2n) is 1.39. The first-order valence-corrected chi connectivity index (χ1v) is 5.14. The van der Waals surface area contributed by atoms with Crippen LogP contribution in [0, 0.1) is 6.55 Å². The van der Waals surface area contributed by atoms with E-state index in [4.69, 9.17) is 5.11 Å². The molecular weight excluding hydrogens is 196 g/mol. The van der Waals surface area contributed by atoms with Crippen LogP contribution in [0.25, 0.3) is 0 Å². The van der Waals surface area contributed by atoms with Gasteiger partial charge < -0.3 is 11.7 Å². The SMILES string of the molecule is Br.CO.[CH2-][SiH](C)C.[Mg+2]. The van der Waals surface area contributed by atoms with Crippen molar-refractivity contribution in [2.75, 3.05) is 7.11 Å². The van der Waals surface area contributed by atoms with Gasteiger partial charge in [0.25, 0.3) is 0 Å². The van der Waals surface area contributed by atoms with Crippen molar-refractivity contribution in [3.63, 3.8) is 0 Å². The standard InChI is InChI=1S/C3H9Si.CH4O.BrH.Mg/c1-4(2)3;1-2;;/h4H,1H2,2-3H3;2H,1H3;1H;/q-1;;;+2. The zero-order valence-corrected chi connectivity index (χ0v) is 10.1. The van der Waals surface area contributed by atoms with Crippen molar-refractivity contribution in [3.8, 4) is 0 Å². The Morgan fingerprint density at radius 2 is 1.25 bits per heavy atom. The summed E-state index contributed by atoms with van der Waals surface area (Å²) in [4.78, 5) is 0. The van der Waals surface area contributed by atoms with E-state index >= 15 is 0 Å². The van der Waals surface area contributed by atoms with Gasteiger partial charge in [0.2, 0.25) is 0 Å². The van der Waals surface area contributed by atoms with E-state index in [1.165, 1.54) is 0 Å². The summed E-state index contributed by atoms with van der Waals surface area (Å²) in [5.41, 5.74) is 0. The van der Waals surface area contributed by atoms with E-state index in [0.29, 0.717) is 0 Å². The van der Waals surface area contributed by atoms with E-state index in [2.05, 4.69) is 19.6 Å². The summed E-state index contributed by atoms with van der Waals surface area (Å²) in [7, 11) is 0.611. The maximum atomic E-state index is 7.00. The predicted octanol–water partition coefficient (Wildman–Crippen LogP) is 0.652. The maximum absolute atomic E-state index is 7.00. The number of hydrogen-bond donors (Lipinski definition) is 1. The van der Waals surface area contributed by atoms with Crippen molar-refractivity contribution in [1.29, 1.82) is 0 Å². The summed E-state index contributed by atoms with van der Waals surface area (Å²) in [6.07, 6.45) is 0. The summed E-state index contributed by atoms with van der Waals surface area (Å²) >= 11 is 0. The van der Waals surface area contributed by atoms with Crippen molar-refractivity contribution in [2.45, 2.75) is 13.1 Å². The normalized spacial score (nSPS) is 5.25. The van der Waals surface area contributed by atoms with E-state index in [1.54, 1.807) is 0 Å². The molecule has 0 aromatic carbocycles. The molecule has 0 unspecified atom stereocenters. The molecule has 1 nitrogen and oxygen atoms in total. The third kappa shape index (κ3) is 151. The molecule has 48 valence electrons. The molecule has 8 heavy (non-hydrogen) atoms. The largest absolute Gasteiger partial charge is 2.00 e. The first-order chi connectivity index (χ1) is 2.73. The molecule has 4 heteroatoms. The number of aliphatic hydroxyl groups excluding tert-OH is 1. The minimum atomic E-state index is -0.389. The number of aliphatic hydroxyl groups is 1. The molecule has 1 N–H and O–H groups in total. The Labute approximate surface area is 80.4 Å². The van der Waals surface area contributed by atoms with Gasteiger partial charge in [-0.3, -0.25) is 0 Å². The van der Waals surface area contributed by atoms with Crippen LogP contribution in [0.15, 0.2) is 0 Å². The molecule has 0 heterocycles. The van der Waals surface area contributed by atoms with Crippen LogP contribution in [0.3, 0.4) is 0 Å². The van der Waals surface area contributed by atoms with Gasteiger partial charge in [-0.05, 0) is 0 Å². The molecule has 0 aromatic rings. The smallest absolute Gasteiger partial charge is 0.400 e. The predicted molar refractivity (Wildman–Crippen MR) is 48.5 cm³/mol. The van der Waals surface area contributed by atoms with Gasteiger partial charge in [0.15, 0.2) is 0 Å². The molecule has 0 aliphatic heterocycles. The third-order valence-corrected chi connectivity index (χ3v) is 0. The van der Waals surface area contributed by atoms with Crippen molar-refractivity contribution in [3.05, 3.63) is 6.55 Å². The zero-order chi connectivity index (χ0) is 5.58. The van der Waals surface area contributed by atoms with Gasteiger partial charge in [0.1, 0.15) is 0 Å². The Kier molecular flexibility index (Phi) is 67.4. The third-order valence-electron chi connectivity index (χ3n) is 0. The zero-order valence-electron chi connectivity index (χ0n) is 5.85.